The lowest BCUT2D eigenvalue weighted by Gasteiger charge is -2.11. The summed E-state index contributed by atoms with van der Waals surface area (Å²) in [5, 5.41) is -0.398. The first kappa shape index (κ1) is 12.5. The first-order chi connectivity index (χ1) is 7.37. The Morgan fingerprint density at radius 1 is 1.12 bits per heavy atom. The highest BCUT2D eigenvalue weighted by molar-refractivity contribution is 6.32. The Morgan fingerprint density at radius 3 is 2.06 bits per heavy atom. The molecule has 0 bridgehead atoms. The molecule has 0 spiro atoms. The van der Waals surface area contributed by atoms with E-state index in [9.17, 15) is 22.8 Å². The second kappa shape index (κ2) is 4.52. The molecule has 0 heterocycles. The fourth-order valence-corrected chi connectivity index (χ4v) is 1.20. The van der Waals surface area contributed by atoms with E-state index in [0.717, 1.165) is 12.1 Å². The van der Waals surface area contributed by atoms with Crippen molar-refractivity contribution in [1.82, 2.24) is 0 Å². The van der Waals surface area contributed by atoms with E-state index >= 15 is 0 Å². The largest absolute Gasteiger partial charge is 0.573 e. The van der Waals surface area contributed by atoms with Crippen molar-refractivity contribution < 1.29 is 27.5 Å². The maximum absolute atomic E-state index is 11.9. The first-order valence-corrected chi connectivity index (χ1v) is 4.25. The van der Waals surface area contributed by atoms with E-state index in [1.165, 1.54) is 0 Å². The number of rotatable bonds is 3. The number of carbonyl (C=O) groups excluding carboxylic acids is 2. The van der Waals surface area contributed by atoms with Gasteiger partial charge in [0.05, 0.1) is 5.02 Å². The molecule has 0 unspecified atom stereocenters. The van der Waals surface area contributed by atoms with Gasteiger partial charge in [-0.25, -0.2) is 0 Å². The number of carbonyl (C=O) groups is 2. The normalized spacial score (nSPS) is 11.0. The SMILES string of the molecule is O=Cc1cc(Cl)c(OC(F)(F)F)cc1C=O. The zero-order valence-electron chi connectivity index (χ0n) is 7.55. The molecular weight excluding hydrogens is 249 g/mol. The van der Waals surface area contributed by atoms with Gasteiger partial charge in [0.25, 0.3) is 0 Å². The van der Waals surface area contributed by atoms with Crippen LogP contribution in [0.2, 0.25) is 5.02 Å². The van der Waals surface area contributed by atoms with Crippen LogP contribution in [0.3, 0.4) is 0 Å². The van der Waals surface area contributed by atoms with Crippen LogP contribution in [0.4, 0.5) is 13.2 Å². The fraction of sp³-hybridized carbons (Fsp3) is 0.111. The Bertz CT molecular complexity index is 429. The summed E-state index contributed by atoms with van der Waals surface area (Å²) in [7, 11) is 0. The maximum Gasteiger partial charge on any atom is 0.573 e. The number of alkyl halides is 3. The molecule has 0 amide bonds. The lowest BCUT2D eigenvalue weighted by atomic mass is 10.1. The van der Waals surface area contributed by atoms with Gasteiger partial charge in [0, 0.05) is 11.1 Å². The molecule has 0 saturated heterocycles. The number of ether oxygens (including phenoxy) is 1. The van der Waals surface area contributed by atoms with Crippen molar-refractivity contribution in [2.45, 2.75) is 6.36 Å². The number of aldehydes is 2. The smallest absolute Gasteiger partial charge is 0.404 e. The molecular formula is C9H4ClF3O3. The lowest BCUT2D eigenvalue weighted by Crippen LogP contribution is -2.17. The Kier molecular flexibility index (Phi) is 3.54. The molecule has 0 atom stereocenters. The van der Waals surface area contributed by atoms with Crippen LogP contribution in [-0.4, -0.2) is 18.9 Å². The summed E-state index contributed by atoms with van der Waals surface area (Å²) in [5.41, 5.74) is -0.326. The van der Waals surface area contributed by atoms with E-state index in [0.29, 0.717) is 6.29 Å². The minimum Gasteiger partial charge on any atom is -0.404 e. The summed E-state index contributed by atoms with van der Waals surface area (Å²) < 4.78 is 39.3. The highest BCUT2D eigenvalue weighted by Gasteiger charge is 2.32. The average Bonchev–Trinajstić information content (AvgIpc) is 2.18. The Balaban J connectivity index is 3.21. The molecule has 86 valence electrons. The predicted octanol–water partition coefficient (Wildman–Crippen LogP) is 2.86. The van der Waals surface area contributed by atoms with E-state index in [1.54, 1.807) is 0 Å². The second-order valence-electron chi connectivity index (χ2n) is 2.70. The molecule has 1 aromatic carbocycles. The van der Waals surface area contributed by atoms with Gasteiger partial charge in [-0.15, -0.1) is 13.2 Å². The van der Waals surface area contributed by atoms with Crippen molar-refractivity contribution in [1.29, 1.82) is 0 Å². The molecule has 0 radical (unpaired) electrons. The molecule has 0 N–H and O–H groups in total. The molecule has 0 saturated carbocycles. The van der Waals surface area contributed by atoms with Crippen LogP contribution in [0, 0.1) is 0 Å². The van der Waals surface area contributed by atoms with E-state index in [2.05, 4.69) is 4.74 Å². The highest BCUT2D eigenvalue weighted by Crippen LogP contribution is 2.31. The van der Waals surface area contributed by atoms with Crippen LogP contribution >= 0.6 is 11.6 Å². The van der Waals surface area contributed by atoms with Gasteiger partial charge in [-0.05, 0) is 12.1 Å². The highest BCUT2D eigenvalue weighted by atomic mass is 35.5. The maximum atomic E-state index is 11.9. The van der Waals surface area contributed by atoms with Crippen LogP contribution in [0.5, 0.6) is 5.75 Å². The third kappa shape index (κ3) is 2.96. The summed E-state index contributed by atoms with van der Waals surface area (Å²) in [6, 6.07) is 1.69. The Labute approximate surface area is 92.8 Å². The van der Waals surface area contributed by atoms with Crippen LogP contribution < -0.4 is 4.74 Å². The lowest BCUT2D eigenvalue weighted by molar-refractivity contribution is -0.274. The van der Waals surface area contributed by atoms with Crippen molar-refractivity contribution in [3.63, 3.8) is 0 Å². The molecule has 0 aliphatic heterocycles. The zero-order valence-corrected chi connectivity index (χ0v) is 8.30. The van der Waals surface area contributed by atoms with Gasteiger partial charge in [-0.2, -0.15) is 0 Å². The molecule has 0 aliphatic rings. The van der Waals surface area contributed by atoms with Crippen molar-refractivity contribution in [3.05, 3.63) is 28.3 Å². The number of halogens is 4. The van der Waals surface area contributed by atoms with Gasteiger partial charge in [-0.1, -0.05) is 11.6 Å². The summed E-state index contributed by atoms with van der Waals surface area (Å²) in [6.45, 7) is 0. The van der Waals surface area contributed by atoms with E-state index in [-0.39, 0.29) is 17.4 Å². The molecule has 1 aromatic rings. The van der Waals surface area contributed by atoms with Gasteiger partial charge in [-0.3, -0.25) is 9.59 Å². The summed E-state index contributed by atoms with van der Waals surface area (Å²) in [4.78, 5) is 20.9. The predicted molar refractivity (Wildman–Crippen MR) is 48.9 cm³/mol. The van der Waals surface area contributed by atoms with Gasteiger partial charge in [0.15, 0.2) is 12.6 Å². The molecule has 0 aromatic heterocycles. The minimum atomic E-state index is -4.91. The Morgan fingerprint density at radius 2 is 1.62 bits per heavy atom. The van der Waals surface area contributed by atoms with Crippen LogP contribution in [0.1, 0.15) is 20.7 Å². The molecule has 0 fully saturated rings. The van der Waals surface area contributed by atoms with Crippen molar-refractivity contribution in [2.75, 3.05) is 0 Å². The summed E-state index contributed by atoms with van der Waals surface area (Å²) >= 11 is 5.44. The van der Waals surface area contributed by atoms with Gasteiger partial charge in [0.1, 0.15) is 5.75 Å². The van der Waals surface area contributed by atoms with Crippen molar-refractivity contribution in [2.24, 2.45) is 0 Å². The molecule has 3 nitrogen and oxygen atoms in total. The monoisotopic (exact) mass is 252 g/mol. The van der Waals surface area contributed by atoms with Crippen LogP contribution in [0.25, 0.3) is 0 Å². The molecule has 16 heavy (non-hydrogen) atoms. The van der Waals surface area contributed by atoms with E-state index < -0.39 is 17.1 Å². The summed E-state index contributed by atoms with van der Waals surface area (Å²) in [6.07, 6.45) is -4.36. The van der Waals surface area contributed by atoms with Crippen LogP contribution in [0.15, 0.2) is 12.1 Å². The third-order valence-corrected chi connectivity index (χ3v) is 1.91. The quantitative estimate of drug-likeness (QED) is 0.777. The standard InChI is InChI=1S/C9H4ClF3O3/c10-7-1-5(3-14)6(4-15)2-8(7)16-9(11,12)13/h1-4H. The Hall–Kier alpha value is -1.56. The van der Waals surface area contributed by atoms with Crippen molar-refractivity contribution in [3.8, 4) is 5.75 Å². The van der Waals surface area contributed by atoms with Gasteiger partial charge in [0.2, 0.25) is 0 Å². The third-order valence-electron chi connectivity index (χ3n) is 1.62. The minimum absolute atomic E-state index is 0.102. The summed E-state index contributed by atoms with van der Waals surface area (Å²) in [5.74, 6) is -0.720. The zero-order chi connectivity index (χ0) is 12.3. The average molecular weight is 253 g/mol. The van der Waals surface area contributed by atoms with Crippen molar-refractivity contribution >= 4 is 24.2 Å². The number of benzene rings is 1. The fourth-order valence-electron chi connectivity index (χ4n) is 0.992. The number of hydrogen-bond acceptors (Lipinski definition) is 3. The second-order valence-corrected chi connectivity index (χ2v) is 3.10. The van der Waals surface area contributed by atoms with Gasteiger partial charge < -0.3 is 4.74 Å². The topological polar surface area (TPSA) is 43.4 Å². The molecule has 0 aliphatic carbocycles. The first-order valence-electron chi connectivity index (χ1n) is 3.87. The number of hydrogen-bond donors (Lipinski definition) is 0. The van der Waals surface area contributed by atoms with E-state index in [1.807, 2.05) is 0 Å². The molecule has 7 heteroatoms. The van der Waals surface area contributed by atoms with E-state index in [4.69, 9.17) is 11.6 Å². The van der Waals surface area contributed by atoms with Crippen LogP contribution in [-0.2, 0) is 0 Å². The molecule has 1 rings (SSSR count). The van der Waals surface area contributed by atoms with Gasteiger partial charge >= 0.3 is 6.36 Å².